The Bertz CT molecular complexity index is 1140. The van der Waals surface area contributed by atoms with Crippen LogP contribution in [0.25, 0.3) is 28.2 Å². The molecule has 2 aliphatic heterocycles. The van der Waals surface area contributed by atoms with E-state index in [9.17, 15) is 0 Å². The van der Waals surface area contributed by atoms with E-state index in [-0.39, 0.29) is 0 Å². The Morgan fingerprint density at radius 3 is 2.34 bits per heavy atom. The zero-order valence-electron chi connectivity index (χ0n) is 16.1. The Hall–Kier alpha value is -3.25. The average Bonchev–Trinajstić information content (AvgIpc) is 3.47. The van der Waals surface area contributed by atoms with Gasteiger partial charge in [-0.15, -0.1) is 5.10 Å². The molecule has 0 radical (unpaired) electrons. The van der Waals surface area contributed by atoms with Gasteiger partial charge in [0, 0.05) is 49.7 Å². The molecule has 29 heavy (non-hydrogen) atoms. The second-order valence-corrected chi connectivity index (χ2v) is 7.96. The van der Waals surface area contributed by atoms with Crippen LogP contribution in [0.15, 0.2) is 67.0 Å². The highest BCUT2D eigenvalue weighted by Crippen LogP contribution is 2.34. The normalized spacial score (nSPS) is 21.0. The molecule has 0 spiro atoms. The highest BCUT2D eigenvalue weighted by atomic mass is 15.3. The van der Waals surface area contributed by atoms with Crippen LogP contribution in [0.1, 0.15) is 0 Å². The summed E-state index contributed by atoms with van der Waals surface area (Å²) in [7, 11) is 0. The van der Waals surface area contributed by atoms with Crippen LogP contribution in [0.3, 0.4) is 0 Å². The maximum absolute atomic E-state index is 5.05. The molecule has 2 saturated heterocycles. The lowest BCUT2D eigenvalue weighted by atomic mass is 10.0. The predicted molar refractivity (Wildman–Crippen MR) is 114 cm³/mol. The van der Waals surface area contributed by atoms with Crippen LogP contribution in [0, 0.1) is 11.8 Å². The Labute approximate surface area is 169 Å². The van der Waals surface area contributed by atoms with Crippen LogP contribution in [-0.2, 0) is 0 Å². The molecule has 0 amide bonds. The molecular formula is C23H22N6. The zero-order chi connectivity index (χ0) is 19.2. The fourth-order valence-electron chi connectivity index (χ4n) is 4.70. The van der Waals surface area contributed by atoms with Crippen LogP contribution >= 0.6 is 0 Å². The molecule has 1 N–H and O–H groups in total. The number of nitrogens with one attached hydrogen (secondary N) is 1. The van der Waals surface area contributed by atoms with Gasteiger partial charge in [0.05, 0.1) is 5.69 Å². The number of nitrogens with zero attached hydrogens (tertiary/aromatic N) is 5. The van der Waals surface area contributed by atoms with E-state index in [1.807, 2.05) is 47.2 Å². The van der Waals surface area contributed by atoms with E-state index in [4.69, 9.17) is 10.1 Å². The van der Waals surface area contributed by atoms with E-state index in [0.717, 1.165) is 72.0 Å². The van der Waals surface area contributed by atoms with Gasteiger partial charge in [0.25, 0.3) is 0 Å². The van der Waals surface area contributed by atoms with Gasteiger partial charge in [-0.2, -0.15) is 0 Å². The number of pyridine rings is 1. The fraction of sp³-hybridized carbons (Fsp3) is 0.261. The summed E-state index contributed by atoms with van der Waals surface area (Å²) >= 11 is 0. The Balaban J connectivity index is 1.51. The Morgan fingerprint density at radius 1 is 0.828 bits per heavy atom. The van der Waals surface area contributed by atoms with E-state index in [1.165, 1.54) is 0 Å². The number of hydrogen-bond donors (Lipinski definition) is 1. The van der Waals surface area contributed by atoms with Crippen LogP contribution < -0.4 is 10.2 Å². The van der Waals surface area contributed by atoms with Crippen LogP contribution in [0.4, 0.5) is 5.82 Å². The van der Waals surface area contributed by atoms with E-state index < -0.39 is 0 Å². The third-order valence-corrected chi connectivity index (χ3v) is 6.18. The molecule has 6 rings (SSSR count). The molecule has 1 aromatic carbocycles. The van der Waals surface area contributed by atoms with Crippen LogP contribution in [-0.4, -0.2) is 45.8 Å². The van der Waals surface area contributed by atoms with Crippen molar-refractivity contribution in [3.05, 3.63) is 67.0 Å². The first kappa shape index (κ1) is 16.7. The van der Waals surface area contributed by atoms with Crippen molar-refractivity contribution < 1.29 is 0 Å². The number of rotatable bonds is 3. The highest BCUT2D eigenvalue weighted by Gasteiger charge is 2.36. The maximum atomic E-state index is 5.05. The topological polar surface area (TPSA) is 58.4 Å². The molecule has 6 heteroatoms. The molecule has 3 aromatic heterocycles. The minimum atomic E-state index is 0.731. The molecule has 6 nitrogen and oxygen atoms in total. The van der Waals surface area contributed by atoms with Crippen molar-refractivity contribution in [3.63, 3.8) is 0 Å². The van der Waals surface area contributed by atoms with E-state index in [1.54, 1.807) is 0 Å². The first-order valence-corrected chi connectivity index (χ1v) is 10.2. The maximum Gasteiger partial charge on any atom is 0.155 e. The van der Waals surface area contributed by atoms with Gasteiger partial charge in [0.2, 0.25) is 0 Å². The Kier molecular flexibility index (Phi) is 3.84. The SMILES string of the molecule is c1ccc(-c2nc3ccc(N4CC5CNCC5C4)nn3c2-c2ccncc2)cc1. The molecule has 2 atom stereocenters. The fourth-order valence-corrected chi connectivity index (χ4v) is 4.70. The largest absolute Gasteiger partial charge is 0.355 e. The lowest BCUT2D eigenvalue weighted by molar-refractivity contribution is 0.533. The molecular weight excluding hydrogens is 360 g/mol. The first-order valence-electron chi connectivity index (χ1n) is 10.2. The van der Waals surface area contributed by atoms with Gasteiger partial charge >= 0.3 is 0 Å². The van der Waals surface area contributed by atoms with E-state index in [2.05, 4.69) is 39.5 Å². The summed E-state index contributed by atoms with van der Waals surface area (Å²) in [5.74, 6) is 2.49. The van der Waals surface area contributed by atoms with Crippen molar-refractivity contribution in [1.29, 1.82) is 0 Å². The molecule has 5 heterocycles. The quantitative estimate of drug-likeness (QED) is 0.590. The summed E-state index contributed by atoms with van der Waals surface area (Å²) in [4.78, 5) is 11.5. The number of aromatic nitrogens is 4. The van der Waals surface area contributed by atoms with E-state index >= 15 is 0 Å². The van der Waals surface area contributed by atoms with Crippen molar-refractivity contribution in [1.82, 2.24) is 24.9 Å². The summed E-state index contributed by atoms with van der Waals surface area (Å²) in [6, 6.07) is 18.6. The van der Waals surface area contributed by atoms with Gasteiger partial charge in [0.15, 0.2) is 5.65 Å². The number of anilines is 1. The lowest BCUT2D eigenvalue weighted by Gasteiger charge is -2.18. The number of hydrogen-bond acceptors (Lipinski definition) is 5. The molecule has 4 aromatic rings. The van der Waals surface area contributed by atoms with Crippen molar-refractivity contribution in [2.24, 2.45) is 11.8 Å². The summed E-state index contributed by atoms with van der Waals surface area (Å²) in [6.45, 7) is 4.38. The van der Waals surface area contributed by atoms with Gasteiger partial charge in [-0.25, -0.2) is 9.50 Å². The summed E-state index contributed by atoms with van der Waals surface area (Å²) in [6.07, 6.45) is 3.64. The average molecular weight is 382 g/mol. The van der Waals surface area contributed by atoms with Gasteiger partial charge in [-0.1, -0.05) is 30.3 Å². The first-order chi connectivity index (χ1) is 14.4. The molecule has 2 fully saturated rings. The standard InChI is InChI=1S/C23H22N6/c1-2-4-16(5-3-1)22-23(17-8-10-24-11-9-17)29-20(26-22)6-7-21(27-29)28-14-18-12-25-13-19(18)15-28/h1-11,18-19,25H,12-15H2. The van der Waals surface area contributed by atoms with Gasteiger partial charge in [-0.05, 0) is 36.1 Å². The number of benzene rings is 1. The summed E-state index contributed by atoms with van der Waals surface area (Å²) < 4.78 is 2.00. The lowest BCUT2D eigenvalue weighted by Crippen LogP contribution is -2.26. The third kappa shape index (κ3) is 2.79. The smallest absolute Gasteiger partial charge is 0.155 e. The summed E-state index contributed by atoms with van der Waals surface area (Å²) in [5.41, 5.74) is 4.98. The van der Waals surface area contributed by atoms with Crippen molar-refractivity contribution >= 4 is 11.5 Å². The predicted octanol–water partition coefficient (Wildman–Crippen LogP) is 3.11. The van der Waals surface area contributed by atoms with E-state index in [0.29, 0.717) is 0 Å². The Morgan fingerprint density at radius 2 is 1.59 bits per heavy atom. The molecule has 0 bridgehead atoms. The number of imidazole rings is 1. The second kappa shape index (κ2) is 6.67. The minimum Gasteiger partial charge on any atom is -0.355 e. The van der Waals surface area contributed by atoms with Crippen molar-refractivity contribution in [2.75, 3.05) is 31.1 Å². The molecule has 2 aliphatic rings. The number of fused-ring (bicyclic) bond motifs is 2. The molecule has 0 aliphatic carbocycles. The molecule has 144 valence electrons. The monoisotopic (exact) mass is 382 g/mol. The van der Waals surface area contributed by atoms with Crippen LogP contribution in [0.5, 0.6) is 0 Å². The minimum absolute atomic E-state index is 0.731. The second-order valence-electron chi connectivity index (χ2n) is 7.96. The van der Waals surface area contributed by atoms with Crippen LogP contribution in [0.2, 0.25) is 0 Å². The highest BCUT2D eigenvalue weighted by molar-refractivity contribution is 5.81. The van der Waals surface area contributed by atoms with Gasteiger partial charge < -0.3 is 10.2 Å². The summed E-state index contributed by atoms with van der Waals surface area (Å²) in [5, 5.41) is 8.56. The third-order valence-electron chi connectivity index (χ3n) is 6.18. The van der Waals surface area contributed by atoms with Crippen molar-refractivity contribution in [3.8, 4) is 22.5 Å². The van der Waals surface area contributed by atoms with Crippen molar-refractivity contribution in [2.45, 2.75) is 0 Å². The van der Waals surface area contributed by atoms with Gasteiger partial charge in [-0.3, -0.25) is 4.98 Å². The molecule has 2 unspecified atom stereocenters. The van der Waals surface area contributed by atoms with Gasteiger partial charge in [0.1, 0.15) is 11.5 Å². The zero-order valence-corrected chi connectivity index (χ0v) is 16.1. The molecule has 0 saturated carbocycles.